The van der Waals surface area contributed by atoms with E-state index in [1.165, 1.54) is 17.3 Å². The van der Waals surface area contributed by atoms with Gasteiger partial charge < -0.3 is 10.2 Å². The molecule has 1 aliphatic rings. The van der Waals surface area contributed by atoms with E-state index in [4.69, 9.17) is 0 Å². The lowest BCUT2D eigenvalue weighted by molar-refractivity contribution is -0.130. The molecule has 30 heavy (non-hydrogen) atoms. The Morgan fingerprint density at radius 3 is 2.57 bits per heavy atom. The van der Waals surface area contributed by atoms with Crippen molar-refractivity contribution in [2.24, 2.45) is 0 Å². The van der Waals surface area contributed by atoms with E-state index in [9.17, 15) is 9.59 Å². The molecular weight excluding hydrogens is 398 g/mol. The van der Waals surface area contributed by atoms with Crippen LogP contribution in [0.1, 0.15) is 26.3 Å². The number of nitrogens with one attached hydrogen (secondary N) is 1. The number of hydrogen-bond donors (Lipinski definition) is 1. The molecule has 1 N–H and O–H groups in total. The van der Waals surface area contributed by atoms with Gasteiger partial charge in [-0.3, -0.25) is 19.1 Å². The Morgan fingerprint density at radius 2 is 1.90 bits per heavy atom. The van der Waals surface area contributed by atoms with E-state index in [1.807, 2.05) is 48.6 Å². The average Bonchev–Trinajstić information content (AvgIpc) is 3.14. The number of aromatic nitrogens is 2. The Morgan fingerprint density at radius 1 is 1.17 bits per heavy atom. The predicted molar refractivity (Wildman–Crippen MR) is 120 cm³/mol. The molecule has 0 radical (unpaired) electrons. The van der Waals surface area contributed by atoms with Crippen LogP contribution in [-0.2, 0) is 9.59 Å². The van der Waals surface area contributed by atoms with Gasteiger partial charge >= 0.3 is 0 Å². The summed E-state index contributed by atoms with van der Waals surface area (Å²) in [6, 6.07) is 8.22. The van der Waals surface area contributed by atoms with E-state index >= 15 is 0 Å². The zero-order valence-electron chi connectivity index (χ0n) is 18.2. The summed E-state index contributed by atoms with van der Waals surface area (Å²) in [5.41, 5.74) is 2.00. The minimum absolute atomic E-state index is 0.0285. The van der Waals surface area contributed by atoms with E-state index in [1.54, 1.807) is 6.20 Å². The molecule has 1 aromatic heterocycles. The number of thioether (sulfide) groups is 1. The zero-order chi connectivity index (χ0) is 21.7. The SMILES string of the molecule is Cc1cccc(-n2ccnc2SCC(=O)N2CCN(CC(=O)NC(C)(C)C)CC2)c1. The highest BCUT2D eigenvalue weighted by atomic mass is 32.2. The molecule has 0 aliphatic carbocycles. The van der Waals surface area contributed by atoms with E-state index in [-0.39, 0.29) is 17.4 Å². The molecule has 3 rings (SSSR count). The third kappa shape index (κ3) is 6.34. The van der Waals surface area contributed by atoms with Gasteiger partial charge in [0.25, 0.3) is 0 Å². The molecule has 1 aliphatic heterocycles. The maximum absolute atomic E-state index is 12.7. The molecule has 162 valence electrons. The van der Waals surface area contributed by atoms with E-state index in [0.29, 0.717) is 38.5 Å². The predicted octanol–water partition coefficient (Wildman–Crippen LogP) is 2.33. The summed E-state index contributed by atoms with van der Waals surface area (Å²) in [6.07, 6.45) is 3.68. The molecule has 0 unspecified atom stereocenters. The van der Waals surface area contributed by atoms with Crippen LogP contribution in [0.3, 0.4) is 0 Å². The van der Waals surface area contributed by atoms with Crippen molar-refractivity contribution >= 4 is 23.6 Å². The Bertz CT molecular complexity index is 882. The topological polar surface area (TPSA) is 70.5 Å². The average molecular weight is 430 g/mol. The van der Waals surface area contributed by atoms with Crippen LogP contribution >= 0.6 is 11.8 Å². The fourth-order valence-electron chi connectivity index (χ4n) is 3.40. The number of imidazole rings is 1. The molecule has 1 aromatic carbocycles. The molecule has 1 saturated heterocycles. The van der Waals surface area contributed by atoms with Gasteiger partial charge in [0.1, 0.15) is 0 Å². The second-order valence-electron chi connectivity index (χ2n) is 8.66. The lowest BCUT2D eigenvalue weighted by Crippen LogP contribution is -2.53. The maximum atomic E-state index is 12.7. The van der Waals surface area contributed by atoms with Gasteiger partial charge in [0.15, 0.2) is 5.16 Å². The minimum Gasteiger partial charge on any atom is -0.350 e. The molecule has 1 fully saturated rings. The van der Waals surface area contributed by atoms with Gasteiger partial charge in [-0.15, -0.1) is 0 Å². The first-order valence-electron chi connectivity index (χ1n) is 10.3. The van der Waals surface area contributed by atoms with Crippen molar-refractivity contribution in [2.45, 2.75) is 38.4 Å². The number of benzene rings is 1. The zero-order valence-corrected chi connectivity index (χ0v) is 19.0. The number of nitrogens with zero attached hydrogens (tertiary/aromatic N) is 4. The minimum atomic E-state index is -0.226. The summed E-state index contributed by atoms with van der Waals surface area (Å²) in [4.78, 5) is 33.2. The van der Waals surface area contributed by atoms with Crippen LogP contribution in [0, 0.1) is 6.92 Å². The van der Waals surface area contributed by atoms with Gasteiger partial charge in [0, 0.05) is 49.8 Å². The van der Waals surface area contributed by atoms with Crippen molar-refractivity contribution in [3.63, 3.8) is 0 Å². The van der Waals surface area contributed by atoms with Crippen LogP contribution in [0.25, 0.3) is 5.69 Å². The van der Waals surface area contributed by atoms with Crippen molar-refractivity contribution in [3.8, 4) is 5.69 Å². The van der Waals surface area contributed by atoms with Gasteiger partial charge in [-0.25, -0.2) is 4.98 Å². The summed E-state index contributed by atoms with van der Waals surface area (Å²) in [5.74, 6) is 0.492. The van der Waals surface area contributed by atoms with Crippen LogP contribution in [0.15, 0.2) is 41.8 Å². The Hall–Kier alpha value is -2.32. The quantitative estimate of drug-likeness (QED) is 0.714. The van der Waals surface area contributed by atoms with Gasteiger partial charge in [0.05, 0.1) is 12.3 Å². The van der Waals surface area contributed by atoms with Crippen molar-refractivity contribution < 1.29 is 9.59 Å². The first-order chi connectivity index (χ1) is 14.2. The highest BCUT2D eigenvalue weighted by Gasteiger charge is 2.24. The molecule has 0 saturated carbocycles. The molecule has 7 nitrogen and oxygen atoms in total. The van der Waals surface area contributed by atoms with Gasteiger partial charge in [-0.1, -0.05) is 23.9 Å². The molecule has 2 heterocycles. The Labute approximate surface area is 182 Å². The van der Waals surface area contributed by atoms with Crippen LogP contribution in [0.4, 0.5) is 0 Å². The molecule has 0 atom stereocenters. The standard InChI is InChI=1S/C22H31N5O2S/c1-17-6-5-7-18(14-17)27-9-8-23-21(27)30-16-20(29)26-12-10-25(11-13-26)15-19(28)24-22(2,3)4/h5-9,14H,10-13,15-16H2,1-4H3,(H,24,28). The number of amides is 2. The second kappa shape index (κ2) is 9.66. The molecular formula is C22H31N5O2S. The van der Waals surface area contributed by atoms with Gasteiger partial charge in [-0.05, 0) is 45.4 Å². The van der Waals surface area contributed by atoms with Crippen LogP contribution in [0.5, 0.6) is 0 Å². The summed E-state index contributed by atoms with van der Waals surface area (Å²) in [6.45, 7) is 11.1. The second-order valence-corrected chi connectivity index (χ2v) is 9.61. The molecule has 0 spiro atoms. The molecule has 2 aromatic rings. The smallest absolute Gasteiger partial charge is 0.234 e. The fraction of sp³-hybridized carbons (Fsp3) is 0.500. The van der Waals surface area contributed by atoms with Crippen LogP contribution in [0.2, 0.25) is 0 Å². The Balaban J connectivity index is 1.47. The highest BCUT2D eigenvalue weighted by Crippen LogP contribution is 2.21. The van der Waals surface area contributed by atoms with E-state index < -0.39 is 0 Å². The third-order valence-corrected chi connectivity index (χ3v) is 5.77. The molecule has 8 heteroatoms. The summed E-state index contributed by atoms with van der Waals surface area (Å²) in [7, 11) is 0. The van der Waals surface area contributed by atoms with Crippen molar-refractivity contribution in [2.75, 3.05) is 38.5 Å². The van der Waals surface area contributed by atoms with Gasteiger partial charge in [0.2, 0.25) is 11.8 Å². The first kappa shape index (κ1) is 22.4. The number of hydrogen-bond acceptors (Lipinski definition) is 5. The highest BCUT2D eigenvalue weighted by molar-refractivity contribution is 7.99. The monoisotopic (exact) mass is 429 g/mol. The Kier molecular flexibility index (Phi) is 7.20. The summed E-state index contributed by atoms with van der Waals surface area (Å²) in [5, 5.41) is 3.80. The van der Waals surface area contributed by atoms with Crippen LogP contribution < -0.4 is 5.32 Å². The number of rotatable bonds is 6. The molecule has 2 amide bonds. The molecule has 0 bridgehead atoms. The lowest BCUT2D eigenvalue weighted by Gasteiger charge is -2.34. The number of aryl methyl sites for hydroxylation is 1. The van der Waals surface area contributed by atoms with Crippen LogP contribution in [-0.4, -0.2) is 75.2 Å². The largest absolute Gasteiger partial charge is 0.350 e. The van der Waals surface area contributed by atoms with E-state index in [0.717, 1.165) is 10.8 Å². The van der Waals surface area contributed by atoms with E-state index in [2.05, 4.69) is 34.3 Å². The first-order valence-corrected chi connectivity index (χ1v) is 11.2. The van der Waals surface area contributed by atoms with Gasteiger partial charge in [-0.2, -0.15) is 0 Å². The summed E-state index contributed by atoms with van der Waals surface area (Å²) < 4.78 is 2.01. The maximum Gasteiger partial charge on any atom is 0.234 e. The number of carbonyl (C=O) groups is 2. The van der Waals surface area contributed by atoms with Crippen molar-refractivity contribution in [1.82, 2.24) is 24.7 Å². The number of piperazine rings is 1. The fourth-order valence-corrected chi connectivity index (χ4v) is 4.28. The summed E-state index contributed by atoms with van der Waals surface area (Å²) >= 11 is 1.46. The number of carbonyl (C=O) groups excluding carboxylic acids is 2. The van der Waals surface area contributed by atoms with Crippen molar-refractivity contribution in [1.29, 1.82) is 0 Å². The van der Waals surface area contributed by atoms with Crippen molar-refractivity contribution in [3.05, 3.63) is 42.2 Å². The normalized spacial score (nSPS) is 15.3. The third-order valence-electron chi connectivity index (χ3n) is 4.82. The lowest BCUT2D eigenvalue weighted by atomic mass is 10.1.